The molecule has 110 valence electrons. The fourth-order valence-corrected chi connectivity index (χ4v) is 3.42. The van der Waals surface area contributed by atoms with Gasteiger partial charge in [0.25, 0.3) is 0 Å². The third-order valence-electron chi connectivity index (χ3n) is 4.60. The van der Waals surface area contributed by atoms with Gasteiger partial charge in [0, 0.05) is 12.4 Å². The molecule has 0 bridgehead atoms. The summed E-state index contributed by atoms with van der Waals surface area (Å²) in [5.74, 6) is 1.92. The van der Waals surface area contributed by atoms with Crippen LogP contribution in [0.1, 0.15) is 38.7 Å². The number of amides is 1. The van der Waals surface area contributed by atoms with Crippen LogP contribution in [0.2, 0.25) is 0 Å². The second kappa shape index (κ2) is 6.62. The fraction of sp³-hybridized carbons (Fsp3) is 0.588. The largest absolute Gasteiger partial charge is 0.355 e. The molecule has 1 aromatic carbocycles. The van der Waals surface area contributed by atoms with E-state index in [0.717, 1.165) is 12.1 Å². The third-order valence-corrected chi connectivity index (χ3v) is 5.00. The molecule has 2 unspecified atom stereocenters. The van der Waals surface area contributed by atoms with E-state index in [1.54, 1.807) is 0 Å². The van der Waals surface area contributed by atoms with Gasteiger partial charge >= 0.3 is 0 Å². The lowest BCUT2D eigenvalue weighted by molar-refractivity contribution is -0.125. The van der Waals surface area contributed by atoms with Gasteiger partial charge in [-0.2, -0.15) is 0 Å². The average Bonchev–Trinajstić information content (AvgIpc) is 2.93. The van der Waals surface area contributed by atoms with E-state index in [-0.39, 0.29) is 5.91 Å². The highest BCUT2D eigenvalue weighted by Crippen LogP contribution is 2.32. The normalized spacial score (nSPS) is 22.8. The molecule has 0 heterocycles. The number of hydrogen-bond donors (Lipinski definition) is 1. The number of benzene rings is 1. The zero-order valence-corrected chi connectivity index (χ0v) is 13.1. The highest BCUT2D eigenvalue weighted by atomic mass is 35.5. The first-order chi connectivity index (χ1) is 9.55. The lowest BCUT2D eigenvalue weighted by Crippen LogP contribution is -2.42. The van der Waals surface area contributed by atoms with Crippen molar-refractivity contribution in [3.63, 3.8) is 0 Å². The molecule has 1 saturated carbocycles. The van der Waals surface area contributed by atoms with Crippen LogP contribution in [0.15, 0.2) is 30.3 Å². The summed E-state index contributed by atoms with van der Waals surface area (Å²) in [5.41, 5.74) is 0.564. The van der Waals surface area contributed by atoms with Crippen molar-refractivity contribution < 1.29 is 4.79 Å². The smallest absolute Gasteiger partial charge is 0.230 e. The van der Waals surface area contributed by atoms with Gasteiger partial charge in [0.2, 0.25) is 5.91 Å². The van der Waals surface area contributed by atoms with Gasteiger partial charge in [-0.3, -0.25) is 4.79 Å². The minimum Gasteiger partial charge on any atom is -0.355 e. The molecule has 1 amide bonds. The molecule has 1 aromatic rings. The van der Waals surface area contributed by atoms with Gasteiger partial charge in [0.15, 0.2) is 0 Å². The van der Waals surface area contributed by atoms with Crippen molar-refractivity contribution in [2.24, 2.45) is 11.8 Å². The van der Waals surface area contributed by atoms with Gasteiger partial charge in [0.1, 0.15) is 0 Å². The Balaban J connectivity index is 1.94. The number of carbonyl (C=O) groups excluding carboxylic acids is 1. The van der Waals surface area contributed by atoms with Crippen LogP contribution in [0.3, 0.4) is 0 Å². The Labute approximate surface area is 126 Å². The van der Waals surface area contributed by atoms with E-state index >= 15 is 0 Å². The summed E-state index contributed by atoms with van der Waals surface area (Å²) in [6.45, 7) is 4.71. The first kappa shape index (κ1) is 15.4. The molecule has 2 rings (SSSR count). The maximum Gasteiger partial charge on any atom is 0.230 e. The minimum atomic E-state index is -0.490. The van der Waals surface area contributed by atoms with Gasteiger partial charge in [-0.15, -0.1) is 11.6 Å². The maximum absolute atomic E-state index is 12.5. The predicted octanol–water partition coefficient (Wildman–Crippen LogP) is 3.74. The maximum atomic E-state index is 12.5. The summed E-state index contributed by atoms with van der Waals surface area (Å²) in [6.07, 6.45) is 3.62. The first-order valence-corrected chi connectivity index (χ1v) is 7.99. The Kier molecular flexibility index (Phi) is 5.09. The van der Waals surface area contributed by atoms with Crippen molar-refractivity contribution in [3.05, 3.63) is 35.9 Å². The predicted molar refractivity (Wildman–Crippen MR) is 84.0 cm³/mol. The number of halogens is 1. The van der Waals surface area contributed by atoms with Crippen molar-refractivity contribution >= 4 is 17.5 Å². The van der Waals surface area contributed by atoms with Crippen LogP contribution >= 0.6 is 11.6 Å². The second-order valence-electron chi connectivity index (χ2n) is 6.31. The molecule has 20 heavy (non-hydrogen) atoms. The van der Waals surface area contributed by atoms with Gasteiger partial charge in [-0.05, 0) is 44.1 Å². The molecular weight excluding hydrogens is 270 g/mol. The zero-order valence-electron chi connectivity index (χ0n) is 12.4. The molecule has 2 nitrogen and oxygen atoms in total. The Morgan fingerprint density at radius 3 is 2.55 bits per heavy atom. The molecule has 3 heteroatoms. The van der Waals surface area contributed by atoms with Crippen molar-refractivity contribution in [2.45, 2.75) is 38.5 Å². The Morgan fingerprint density at radius 2 is 1.90 bits per heavy atom. The Morgan fingerprint density at radius 1 is 1.25 bits per heavy atom. The lowest BCUT2D eigenvalue weighted by Gasteiger charge is -2.26. The van der Waals surface area contributed by atoms with Crippen LogP contribution in [0.4, 0.5) is 0 Å². The van der Waals surface area contributed by atoms with Gasteiger partial charge in [0.05, 0.1) is 5.41 Å². The van der Waals surface area contributed by atoms with Crippen LogP contribution in [0.25, 0.3) is 0 Å². The molecule has 0 saturated heterocycles. The van der Waals surface area contributed by atoms with E-state index in [9.17, 15) is 4.79 Å². The SMILES string of the molecule is CC(C)(C(=O)NCC1CCCC1CCl)c1ccccc1. The molecule has 0 aromatic heterocycles. The van der Waals surface area contributed by atoms with E-state index in [4.69, 9.17) is 11.6 Å². The summed E-state index contributed by atoms with van der Waals surface area (Å²) < 4.78 is 0. The molecule has 1 N–H and O–H groups in total. The number of nitrogens with one attached hydrogen (secondary N) is 1. The van der Waals surface area contributed by atoms with E-state index in [1.165, 1.54) is 19.3 Å². The monoisotopic (exact) mass is 293 g/mol. The minimum absolute atomic E-state index is 0.101. The van der Waals surface area contributed by atoms with E-state index in [2.05, 4.69) is 5.32 Å². The highest BCUT2D eigenvalue weighted by Gasteiger charge is 2.32. The summed E-state index contributed by atoms with van der Waals surface area (Å²) >= 11 is 5.99. The van der Waals surface area contributed by atoms with Crippen LogP contribution in [0.5, 0.6) is 0 Å². The second-order valence-corrected chi connectivity index (χ2v) is 6.62. The van der Waals surface area contributed by atoms with Crippen LogP contribution in [0, 0.1) is 11.8 Å². The van der Waals surface area contributed by atoms with Gasteiger partial charge < -0.3 is 5.32 Å². The molecule has 0 spiro atoms. The topological polar surface area (TPSA) is 29.1 Å². The fourth-order valence-electron chi connectivity index (χ4n) is 3.02. The van der Waals surface area contributed by atoms with E-state index in [0.29, 0.717) is 17.7 Å². The van der Waals surface area contributed by atoms with Gasteiger partial charge in [-0.1, -0.05) is 36.8 Å². The summed E-state index contributed by atoms with van der Waals surface area (Å²) in [7, 11) is 0. The molecule has 0 aliphatic heterocycles. The summed E-state index contributed by atoms with van der Waals surface area (Å²) in [4.78, 5) is 12.5. The molecule has 0 radical (unpaired) electrons. The molecule has 1 aliphatic rings. The van der Waals surface area contributed by atoms with Crippen molar-refractivity contribution in [1.29, 1.82) is 0 Å². The zero-order chi connectivity index (χ0) is 14.6. The van der Waals surface area contributed by atoms with E-state index in [1.807, 2.05) is 44.2 Å². The molecule has 1 aliphatic carbocycles. The van der Waals surface area contributed by atoms with Crippen LogP contribution in [-0.2, 0) is 10.2 Å². The standard InChI is InChI=1S/C17H24ClNO/c1-17(2,15-9-4-3-5-10-15)16(20)19-12-14-8-6-7-13(14)11-18/h3-5,9-10,13-14H,6-8,11-12H2,1-2H3,(H,19,20). The van der Waals surface area contributed by atoms with Crippen molar-refractivity contribution in [3.8, 4) is 0 Å². The summed E-state index contributed by atoms with van der Waals surface area (Å²) in [5, 5.41) is 3.13. The van der Waals surface area contributed by atoms with Gasteiger partial charge in [-0.25, -0.2) is 0 Å². The molecule has 2 atom stereocenters. The first-order valence-electron chi connectivity index (χ1n) is 7.45. The number of carbonyl (C=O) groups is 1. The average molecular weight is 294 g/mol. The number of alkyl halides is 1. The Hall–Kier alpha value is -1.02. The number of rotatable bonds is 5. The summed E-state index contributed by atoms with van der Waals surface area (Å²) in [6, 6.07) is 9.95. The van der Waals surface area contributed by atoms with Crippen LogP contribution < -0.4 is 5.32 Å². The van der Waals surface area contributed by atoms with E-state index < -0.39 is 5.41 Å². The highest BCUT2D eigenvalue weighted by molar-refractivity contribution is 6.18. The lowest BCUT2D eigenvalue weighted by atomic mass is 9.83. The van der Waals surface area contributed by atoms with Crippen LogP contribution in [-0.4, -0.2) is 18.3 Å². The molecule has 1 fully saturated rings. The third kappa shape index (κ3) is 3.35. The number of hydrogen-bond acceptors (Lipinski definition) is 1. The van der Waals surface area contributed by atoms with Crippen molar-refractivity contribution in [1.82, 2.24) is 5.32 Å². The molecular formula is C17H24ClNO. The van der Waals surface area contributed by atoms with Crippen molar-refractivity contribution in [2.75, 3.05) is 12.4 Å². The quantitative estimate of drug-likeness (QED) is 0.823. The Bertz CT molecular complexity index is 444.